The highest BCUT2D eigenvalue weighted by Gasteiger charge is 2.19. The normalized spacial score (nSPS) is 11.3. The zero-order valence-electron chi connectivity index (χ0n) is 12.9. The summed E-state index contributed by atoms with van der Waals surface area (Å²) in [5.74, 6) is 0.0177. The molecule has 116 valence electrons. The maximum atomic E-state index is 11.9. The predicted octanol–water partition coefficient (Wildman–Crippen LogP) is 4.01. The number of benzene rings is 1. The van der Waals surface area contributed by atoms with Crippen LogP contribution in [0.15, 0.2) is 22.7 Å². The number of halogens is 1. The fourth-order valence-corrected chi connectivity index (χ4v) is 2.38. The molecule has 1 amide bonds. The number of ether oxygens (including phenoxy) is 1. The van der Waals surface area contributed by atoms with E-state index in [0.29, 0.717) is 11.8 Å². The second-order valence-electron chi connectivity index (χ2n) is 6.00. The molecule has 0 aliphatic heterocycles. The molecular weight excluding hydrogens is 348 g/mol. The lowest BCUT2D eigenvalue weighted by Crippen LogP contribution is -2.42. The van der Waals surface area contributed by atoms with Crippen LogP contribution in [0.2, 0.25) is 0 Å². The molecule has 0 spiro atoms. The summed E-state index contributed by atoms with van der Waals surface area (Å²) in [6.45, 7) is 7.32. The Bertz CT molecular complexity index is 751. The SMILES string of the molecule is Cc1c(C=O)c(OC(=O)NC(C)(C)C)nc2ccc(Br)cc12. The number of nitrogens with one attached hydrogen (secondary N) is 1. The number of aryl methyl sites for hydroxylation is 1. The zero-order chi connectivity index (χ0) is 16.5. The molecule has 2 rings (SSSR count). The van der Waals surface area contributed by atoms with Gasteiger partial charge in [0.1, 0.15) is 0 Å². The van der Waals surface area contributed by atoms with Crippen molar-refractivity contribution in [1.29, 1.82) is 0 Å². The van der Waals surface area contributed by atoms with E-state index in [1.807, 2.05) is 32.9 Å². The second-order valence-corrected chi connectivity index (χ2v) is 6.92. The number of hydrogen-bond acceptors (Lipinski definition) is 4. The Morgan fingerprint density at radius 3 is 2.64 bits per heavy atom. The van der Waals surface area contributed by atoms with Crippen molar-refractivity contribution in [2.24, 2.45) is 0 Å². The van der Waals surface area contributed by atoms with E-state index in [2.05, 4.69) is 26.2 Å². The van der Waals surface area contributed by atoms with Gasteiger partial charge in [-0.25, -0.2) is 9.78 Å². The quantitative estimate of drug-likeness (QED) is 0.817. The summed E-state index contributed by atoms with van der Waals surface area (Å²) >= 11 is 3.39. The van der Waals surface area contributed by atoms with Crippen LogP contribution >= 0.6 is 15.9 Å². The summed E-state index contributed by atoms with van der Waals surface area (Å²) in [5.41, 5.74) is 1.22. The van der Waals surface area contributed by atoms with Crippen LogP contribution in [0.3, 0.4) is 0 Å². The van der Waals surface area contributed by atoms with Crippen LogP contribution in [-0.2, 0) is 0 Å². The van der Waals surface area contributed by atoms with Gasteiger partial charge in [0, 0.05) is 15.4 Å². The van der Waals surface area contributed by atoms with Gasteiger partial charge in [-0.3, -0.25) is 4.79 Å². The molecule has 0 aliphatic carbocycles. The van der Waals surface area contributed by atoms with Crippen molar-refractivity contribution in [2.75, 3.05) is 0 Å². The Morgan fingerprint density at radius 1 is 1.36 bits per heavy atom. The number of aldehydes is 1. The molecule has 1 aromatic heterocycles. The monoisotopic (exact) mass is 364 g/mol. The van der Waals surface area contributed by atoms with Crippen LogP contribution in [0.25, 0.3) is 10.9 Å². The molecule has 1 heterocycles. The Balaban J connectivity index is 2.47. The molecule has 0 saturated heterocycles. The van der Waals surface area contributed by atoms with Crippen LogP contribution in [0, 0.1) is 6.92 Å². The zero-order valence-corrected chi connectivity index (χ0v) is 14.4. The van der Waals surface area contributed by atoms with Gasteiger partial charge < -0.3 is 10.1 Å². The van der Waals surface area contributed by atoms with Gasteiger partial charge in [-0.1, -0.05) is 15.9 Å². The van der Waals surface area contributed by atoms with Crippen molar-refractivity contribution >= 4 is 39.2 Å². The Labute approximate surface area is 137 Å². The van der Waals surface area contributed by atoms with Gasteiger partial charge in [-0.2, -0.15) is 0 Å². The first kappa shape index (κ1) is 16.4. The smallest absolute Gasteiger partial charge is 0.390 e. The third-order valence-electron chi connectivity index (χ3n) is 3.00. The van der Waals surface area contributed by atoms with E-state index in [4.69, 9.17) is 4.74 Å². The summed E-state index contributed by atoms with van der Waals surface area (Å²) < 4.78 is 6.12. The summed E-state index contributed by atoms with van der Waals surface area (Å²) in [6, 6.07) is 5.52. The van der Waals surface area contributed by atoms with Gasteiger partial charge >= 0.3 is 6.09 Å². The lowest BCUT2D eigenvalue weighted by Gasteiger charge is -2.20. The number of fused-ring (bicyclic) bond motifs is 1. The van der Waals surface area contributed by atoms with E-state index in [9.17, 15) is 9.59 Å². The lowest BCUT2D eigenvalue weighted by atomic mass is 10.1. The predicted molar refractivity (Wildman–Crippen MR) is 88.5 cm³/mol. The number of aromatic nitrogens is 1. The van der Waals surface area contributed by atoms with E-state index in [1.54, 1.807) is 13.0 Å². The standard InChI is InChI=1S/C16H17BrN2O3/c1-9-11-7-10(17)5-6-13(11)18-14(12(9)8-20)22-15(21)19-16(2,3)4/h5-8H,1-4H3,(H,19,21). The van der Waals surface area contributed by atoms with Crippen LogP contribution in [0.5, 0.6) is 5.88 Å². The van der Waals surface area contributed by atoms with Crippen LogP contribution in [0.1, 0.15) is 36.7 Å². The minimum absolute atomic E-state index is 0.0177. The fourth-order valence-electron chi connectivity index (χ4n) is 2.02. The average molecular weight is 365 g/mol. The van der Waals surface area contributed by atoms with Crippen molar-refractivity contribution < 1.29 is 14.3 Å². The molecule has 0 unspecified atom stereocenters. The van der Waals surface area contributed by atoms with Crippen molar-refractivity contribution in [1.82, 2.24) is 10.3 Å². The van der Waals surface area contributed by atoms with Crippen molar-refractivity contribution in [3.05, 3.63) is 33.8 Å². The molecular formula is C16H17BrN2O3. The maximum absolute atomic E-state index is 11.9. The minimum atomic E-state index is -0.640. The number of carbonyl (C=O) groups excluding carboxylic acids is 2. The van der Waals surface area contributed by atoms with Gasteiger partial charge in [0.05, 0.1) is 11.1 Å². The third kappa shape index (κ3) is 3.62. The van der Waals surface area contributed by atoms with E-state index in [1.165, 1.54) is 0 Å². The molecule has 0 fully saturated rings. The van der Waals surface area contributed by atoms with E-state index in [0.717, 1.165) is 15.4 Å². The molecule has 5 nitrogen and oxygen atoms in total. The number of rotatable bonds is 2. The number of pyridine rings is 1. The Hall–Kier alpha value is -1.95. The largest absolute Gasteiger partial charge is 0.414 e. The number of nitrogens with zero attached hydrogens (tertiary/aromatic N) is 1. The molecule has 6 heteroatoms. The molecule has 1 aromatic carbocycles. The summed E-state index contributed by atoms with van der Waals surface area (Å²) in [5, 5.41) is 3.50. The number of carbonyl (C=O) groups is 2. The average Bonchev–Trinajstić information content (AvgIpc) is 2.38. The number of hydrogen-bond donors (Lipinski definition) is 1. The van der Waals surface area contributed by atoms with Crippen LogP contribution in [0.4, 0.5) is 4.79 Å². The molecule has 0 atom stereocenters. The Kier molecular flexibility index (Phi) is 4.51. The molecule has 0 aliphatic rings. The van der Waals surface area contributed by atoms with E-state index >= 15 is 0 Å². The summed E-state index contributed by atoms with van der Waals surface area (Å²) in [7, 11) is 0. The van der Waals surface area contributed by atoms with Gasteiger partial charge in [0.15, 0.2) is 6.29 Å². The van der Waals surface area contributed by atoms with Crippen molar-refractivity contribution in [3.63, 3.8) is 0 Å². The van der Waals surface area contributed by atoms with Gasteiger partial charge in [-0.05, 0) is 51.5 Å². The highest BCUT2D eigenvalue weighted by atomic mass is 79.9. The Morgan fingerprint density at radius 2 is 2.05 bits per heavy atom. The minimum Gasteiger partial charge on any atom is -0.390 e. The molecule has 0 radical (unpaired) electrons. The number of amides is 1. The fraction of sp³-hybridized carbons (Fsp3) is 0.312. The molecule has 1 N–H and O–H groups in total. The maximum Gasteiger partial charge on any atom is 0.414 e. The first-order chi connectivity index (χ1) is 10.2. The third-order valence-corrected chi connectivity index (χ3v) is 3.50. The first-order valence-electron chi connectivity index (χ1n) is 6.76. The molecule has 0 bridgehead atoms. The lowest BCUT2D eigenvalue weighted by molar-refractivity contribution is 0.112. The van der Waals surface area contributed by atoms with Crippen LogP contribution in [-0.4, -0.2) is 22.9 Å². The van der Waals surface area contributed by atoms with E-state index < -0.39 is 11.6 Å². The van der Waals surface area contributed by atoms with E-state index in [-0.39, 0.29) is 11.4 Å². The first-order valence-corrected chi connectivity index (χ1v) is 7.55. The summed E-state index contributed by atoms with van der Waals surface area (Å²) in [6.07, 6.45) is 0.0153. The second kappa shape index (κ2) is 6.04. The van der Waals surface area contributed by atoms with Gasteiger partial charge in [-0.15, -0.1) is 0 Å². The summed E-state index contributed by atoms with van der Waals surface area (Å²) in [4.78, 5) is 27.6. The molecule has 0 saturated carbocycles. The topological polar surface area (TPSA) is 68.3 Å². The van der Waals surface area contributed by atoms with Gasteiger partial charge in [0.25, 0.3) is 0 Å². The molecule has 22 heavy (non-hydrogen) atoms. The highest BCUT2D eigenvalue weighted by Crippen LogP contribution is 2.28. The highest BCUT2D eigenvalue weighted by molar-refractivity contribution is 9.10. The van der Waals surface area contributed by atoms with Crippen molar-refractivity contribution in [2.45, 2.75) is 33.2 Å². The van der Waals surface area contributed by atoms with Crippen LogP contribution < -0.4 is 10.1 Å². The van der Waals surface area contributed by atoms with Crippen molar-refractivity contribution in [3.8, 4) is 5.88 Å². The van der Waals surface area contributed by atoms with Gasteiger partial charge in [0.2, 0.25) is 5.88 Å². The molecule has 2 aromatic rings.